The van der Waals surface area contributed by atoms with Gasteiger partial charge in [0.1, 0.15) is 13.2 Å². The topological polar surface area (TPSA) is 290 Å². The molecule has 0 bridgehead atoms. The Hall–Kier alpha value is -7.68. The molecular weight excluding hydrogens is 1070 g/mol. The highest BCUT2D eigenvalue weighted by Gasteiger charge is 2.51. The molecule has 0 fully saturated rings. The number of fused-ring (bicyclic) bond motifs is 5. The number of primary amides is 1. The van der Waals surface area contributed by atoms with Crippen LogP contribution in [-0.4, -0.2) is 106 Å². The lowest BCUT2D eigenvalue weighted by Crippen LogP contribution is -2.47. The summed E-state index contributed by atoms with van der Waals surface area (Å²) in [4.78, 5) is 107. The van der Waals surface area contributed by atoms with E-state index in [0.717, 1.165) is 16.5 Å². The maximum Gasteiger partial charge on any atom is 0.510 e. The molecule has 0 aliphatic carbocycles. The van der Waals surface area contributed by atoms with Crippen LogP contribution in [0.5, 0.6) is 0 Å². The van der Waals surface area contributed by atoms with Crippen LogP contribution >= 0.6 is 11.8 Å². The largest absolute Gasteiger partial charge is 0.510 e. The molecule has 5 aromatic rings. The van der Waals surface area contributed by atoms with E-state index in [-0.39, 0.29) is 93.3 Å². The van der Waals surface area contributed by atoms with Crippen molar-refractivity contribution in [2.75, 3.05) is 30.9 Å². The zero-order valence-corrected chi connectivity index (χ0v) is 47.5. The quantitative estimate of drug-likeness (QED) is 0.0166. The molecule has 0 radical (unpaired) electrons. The zero-order valence-electron chi connectivity index (χ0n) is 45.9. The molecule has 424 valence electrons. The summed E-state index contributed by atoms with van der Waals surface area (Å²) in [6.07, 6.45) is 6.69. The fourth-order valence-corrected chi connectivity index (χ4v) is 11.4. The minimum absolute atomic E-state index is 0.117. The molecule has 21 nitrogen and oxygen atoms in total. The fourth-order valence-electron chi connectivity index (χ4n) is 9.94. The van der Waals surface area contributed by atoms with E-state index in [2.05, 4.69) is 37.8 Å². The van der Waals surface area contributed by atoms with Crippen molar-refractivity contribution in [3.05, 3.63) is 111 Å². The molecule has 5 heterocycles. The number of urea groups is 1. The number of para-hydroxylation sites is 1. The second-order valence-corrected chi connectivity index (χ2v) is 23.0. The molecule has 4 amide bonds. The Kier molecular flexibility index (Phi) is 19.9. The lowest BCUT2D eigenvalue weighted by molar-refractivity contribution is -0.175. The monoisotopic (exact) mass is 1130 g/mol. The van der Waals surface area contributed by atoms with Crippen molar-refractivity contribution in [1.29, 1.82) is 0 Å². The van der Waals surface area contributed by atoms with Gasteiger partial charge in [0.15, 0.2) is 10.9 Å². The number of benzene rings is 2. The van der Waals surface area contributed by atoms with Crippen molar-refractivity contribution in [2.45, 2.75) is 129 Å². The molecule has 3 aromatic heterocycles. The van der Waals surface area contributed by atoms with Crippen LogP contribution in [0.2, 0.25) is 0 Å². The summed E-state index contributed by atoms with van der Waals surface area (Å²) in [6.45, 7) is 8.65. The third kappa shape index (κ3) is 14.4. The molecular formula is C57H67N9O12S2. The molecule has 0 spiro atoms. The number of nitrogens with two attached hydrogens (primary N) is 1. The van der Waals surface area contributed by atoms with E-state index >= 15 is 0 Å². The number of rotatable bonds is 24. The van der Waals surface area contributed by atoms with Crippen molar-refractivity contribution in [3.63, 3.8) is 0 Å². The average Bonchev–Trinajstić information content (AvgIpc) is 3.89. The predicted molar refractivity (Wildman–Crippen MR) is 300 cm³/mol. The Bertz CT molecular complexity index is 3390. The summed E-state index contributed by atoms with van der Waals surface area (Å²) in [5.41, 5.74) is 7.57. The number of nitrogens with one attached hydrogen (secondary N) is 3. The van der Waals surface area contributed by atoms with Crippen molar-refractivity contribution in [2.24, 2.45) is 17.6 Å². The number of sulfonamides is 1. The first-order valence-corrected chi connectivity index (χ1v) is 29.5. The van der Waals surface area contributed by atoms with E-state index in [9.17, 15) is 42.0 Å². The van der Waals surface area contributed by atoms with Crippen LogP contribution in [0, 0.1) is 23.7 Å². The highest BCUT2D eigenvalue weighted by molar-refractivity contribution is 7.98. The highest BCUT2D eigenvalue weighted by atomic mass is 32.2. The van der Waals surface area contributed by atoms with Crippen LogP contribution in [0.1, 0.15) is 113 Å². The van der Waals surface area contributed by atoms with Gasteiger partial charge in [-0.3, -0.25) is 19.2 Å². The molecule has 23 heteroatoms. The third-order valence-corrected chi connectivity index (χ3v) is 16.1. The van der Waals surface area contributed by atoms with Gasteiger partial charge in [0.05, 0.1) is 46.9 Å². The number of nitrogens with zero attached hydrogens (tertiary/aromatic N) is 5. The number of ether oxygens (including phenoxy) is 3. The first kappa shape index (κ1) is 60.0. The maximum atomic E-state index is 14.4. The van der Waals surface area contributed by atoms with Crippen LogP contribution in [-0.2, 0) is 75.2 Å². The summed E-state index contributed by atoms with van der Waals surface area (Å²) in [7, 11) is -3.54. The molecule has 0 saturated carbocycles. The van der Waals surface area contributed by atoms with Gasteiger partial charge in [-0.25, -0.2) is 37.8 Å². The van der Waals surface area contributed by atoms with Gasteiger partial charge < -0.3 is 40.5 Å². The van der Waals surface area contributed by atoms with Crippen LogP contribution in [0.4, 0.5) is 15.3 Å². The number of cyclic esters (lactones) is 1. The number of carbonyl (C=O) groups excluding carboxylic acids is 6. The lowest BCUT2D eigenvalue weighted by Gasteiger charge is -2.35. The minimum Gasteiger partial charge on any atom is -0.457 e. The molecule has 2 aliphatic heterocycles. The number of thioether (sulfide) groups is 1. The van der Waals surface area contributed by atoms with Gasteiger partial charge in [0, 0.05) is 78.9 Å². The number of unbranched alkanes of at least 4 members (excludes halogenated alkanes) is 1. The lowest BCUT2D eigenvalue weighted by atomic mass is 9.85. The van der Waals surface area contributed by atoms with E-state index in [4.69, 9.17) is 24.9 Å². The Morgan fingerprint density at radius 1 is 1.00 bits per heavy atom. The summed E-state index contributed by atoms with van der Waals surface area (Å²) in [6, 6.07) is 13.6. The highest BCUT2D eigenvalue weighted by Crippen LogP contribution is 2.42. The second kappa shape index (κ2) is 26.5. The van der Waals surface area contributed by atoms with Crippen LogP contribution in [0.3, 0.4) is 0 Å². The average molecular weight is 1130 g/mol. The molecule has 5 N–H and O–H groups in total. The first-order valence-electron chi connectivity index (χ1n) is 26.4. The second-order valence-electron chi connectivity index (χ2n) is 20.3. The van der Waals surface area contributed by atoms with Gasteiger partial charge in [-0.15, -0.1) is 0 Å². The molecule has 2 aliphatic rings. The summed E-state index contributed by atoms with van der Waals surface area (Å²) < 4.78 is 45.4. The third-order valence-electron chi connectivity index (χ3n) is 14.0. The molecule has 0 saturated heterocycles. The van der Waals surface area contributed by atoms with E-state index in [1.807, 2.05) is 44.4 Å². The first-order chi connectivity index (χ1) is 38.1. The van der Waals surface area contributed by atoms with Crippen molar-refractivity contribution in [3.8, 4) is 23.2 Å². The smallest absolute Gasteiger partial charge is 0.457 e. The molecule has 3 atom stereocenters. The Morgan fingerprint density at radius 2 is 1.73 bits per heavy atom. The number of anilines is 1. The maximum absolute atomic E-state index is 14.4. The Morgan fingerprint density at radius 3 is 2.39 bits per heavy atom. The Labute approximate surface area is 469 Å². The summed E-state index contributed by atoms with van der Waals surface area (Å²) >= 11 is 1.42. The van der Waals surface area contributed by atoms with Crippen LogP contribution in [0.25, 0.3) is 22.3 Å². The number of ketones is 1. The number of esters is 1. The van der Waals surface area contributed by atoms with Crippen molar-refractivity contribution in [1.82, 2.24) is 34.5 Å². The van der Waals surface area contributed by atoms with E-state index in [0.29, 0.717) is 64.6 Å². The van der Waals surface area contributed by atoms with E-state index < -0.39 is 57.2 Å². The molecule has 0 unspecified atom stereocenters. The van der Waals surface area contributed by atoms with Crippen LogP contribution in [0.15, 0.2) is 76.9 Å². The van der Waals surface area contributed by atoms with E-state index in [1.165, 1.54) is 22.3 Å². The number of hydrogen-bond acceptors (Lipinski definition) is 16. The van der Waals surface area contributed by atoms with Crippen LogP contribution < -0.4 is 27.2 Å². The number of aromatic nitrogens is 4. The number of amides is 4. The van der Waals surface area contributed by atoms with E-state index in [1.54, 1.807) is 68.1 Å². The van der Waals surface area contributed by atoms with Crippen molar-refractivity contribution >= 4 is 74.1 Å². The SMILES string of the molecule is CC[C@@]1(OC(=O)OCc2ccc(NC(=O)[C@H](CCCNC(N)=O)CC(=O)[C@@H](NC(=O)CCCC#Cc3cnc(SC)nc3)C(C)C)cc2)C(=O)OCc2c1cc1n(c2=O)Cc2c-1nc1ccccc1c2CCN(C(C)C)S(C)(=O)=O. The van der Waals surface area contributed by atoms with Crippen molar-refractivity contribution < 1.29 is 51.4 Å². The minimum atomic E-state index is -3.54. The normalized spacial score (nSPS) is 15.2. The summed E-state index contributed by atoms with van der Waals surface area (Å²) in [5, 5.41) is 9.64. The summed E-state index contributed by atoms with van der Waals surface area (Å²) in [5.74, 6) is 2.84. The number of hydrogen-bond donors (Lipinski definition) is 4. The van der Waals surface area contributed by atoms with Gasteiger partial charge >= 0.3 is 18.2 Å². The molecule has 2 aromatic carbocycles. The number of carbonyl (C=O) groups is 6. The Balaban J connectivity index is 1.00. The number of pyridine rings is 2. The van der Waals surface area contributed by atoms with Gasteiger partial charge in [0.25, 0.3) is 5.56 Å². The van der Waals surface area contributed by atoms with Gasteiger partial charge in [-0.1, -0.05) is 74.7 Å². The van der Waals surface area contributed by atoms with Gasteiger partial charge in [-0.05, 0) is 93.5 Å². The predicted octanol–water partition coefficient (Wildman–Crippen LogP) is 6.49. The molecule has 80 heavy (non-hydrogen) atoms. The molecule has 7 rings (SSSR count). The van der Waals surface area contributed by atoms with Gasteiger partial charge in [-0.2, -0.15) is 4.31 Å². The zero-order chi connectivity index (χ0) is 57.9. The number of Topliss-reactive ketones (excluding diaryl/α,β-unsaturated/α-hetero) is 1. The fraction of sp³-hybridized carbons (Fsp3) is 0.439. The van der Waals surface area contributed by atoms with Gasteiger partial charge in [0.2, 0.25) is 27.4 Å². The standard InChI is InChI=1S/C57H67N9O12S2/c1-8-57(44-28-46-50-42(31-65(46)52(70)43(44)33-76-53(57)71)40(41-17-12-13-18-45(41)63-50)24-26-66(35(4)5)80(7,74)75)78-56(73)77-32-36-20-22-39(23-21-36)62-51(69)38(16-14-25-59-54(58)72)27-47(67)49(34(2)3)64-48(68)19-11-9-10-15-37-29-60-55(79-6)61-30-37/h12-13,17-18,20-23,28-30,34-35,38,49H,8-9,11,14,16,19,24-27,31-33H2,1-7H3,(H,62,69)(H,64,68)(H3,58,59,72)/t38-,49+,57+/m1/s1.